The molecule has 102 valence electrons. The van der Waals surface area contributed by atoms with Crippen molar-refractivity contribution in [2.75, 3.05) is 19.6 Å². The molecule has 1 amide bonds. The Labute approximate surface area is 118 Å². The highest BCUT2D eigenvalue weighted by Gasteiger charge is 2.36. The van der Waals surface area contributed by atoms with Gasteiger partial charge in [-0.25, -0.2) is 0 Å². The van der Waals surface area contributed by atoms with Gasteiger partial charge in [0, 0.05) is 19.1 Å². The van der Waals surface area contributed by atoms with E-state index in [4.69, 9.17) is 11.6 Å². The molecule has 2 heterocycles. The van der Waals surface area contributed by atoms with Crippen molar-refractivity contribution >= 4 is 17.5 Å². The molecule has 0 radical (unpaired) electrons. The predicted octanol–water partition coefficient (Wildman–Crippen LogP) is 2.47. The molecule has 2 saturated heterocycles. The van der Waals surface area contributed by atoms with Crippen LogP contribution in [0.2, 0.25) is 5.02 Å². The molecule has 3 rings (SSSR count). The van der Waals surface area contributed by atoms with Gasteiger partial charge >= 0.3 is 0 Å². The molecule has 4 heteroatoms. The third kappa shape index (κ3) is 2.49. The first-order chi connectivity index (χ1) is 9.15. The van der Waals surface area contributed by atoms with E-state index in [1.807, 2.05) is 30.0 Å². The summed E-state index contributed by atoms with van der Waals surface area (Å²) in [6, 6.07) is 6.12. The lowest BCUT2D eigenvalue weighted by Gasteiger charge is -2.24. The summed E-state index contributed by atoms with van der Waals surface area (Å²) >= 11 is 6.19. The Kier molecular flexibility index (Phi) is 3.50. The molecule has 0 bridgehead atoms. The van der Waals surface area contributed by atoms with Crippen molar-refractivity contribution in [3.63, 3.8) is 0 Å². The lowest BCUT2D eigenvalue weighted by Crippen LogP contribution is -2.41. The maximum Gasteiger partial charge on any atom is 0.255 e. The first-order valence-corrected chi connectivity index (χ1v) is 7.32. The Morgan fingerprint density at radius 3 is 3.00 bits per heavy atom. The molecule has 2 fully saturated rings. The van der Waals surface area contributed by atoms with Gasteiger partial charge in [0.1, 0.15) is 0 Å². The third-order valence-electron chi connectivity index (χ3n) is 4.24. The molecule has 1 aromatic rings. The number of nitrogens with zero attached hydrogens (tertiary/aromatic N) is 1. The minimum atomic E-state index is 0.0706. The predicted molar refractivity (Wildman–Crippen MR) is 76.6 cm³/mol. The van der Waals surface area contributed by atoms with Gasteiger partial charge in [0.05, 0.1) is 10.6 Å². The van der Waals surface area contributed by atoms with Gasteiger partial charge in [0.25, 0.3) is 5.91 Å². The summed E-state index contributed by atoms with van der Waals surface area (Å²) in [6.07, 6.45) is 2.44. The van der Waals surface area contributed by atoms with Crippen molar-refractivity contribution in [3.05, 3.63) is 34.3 Å². The summed E-state index contributed by atoms with van der Waals surface area (Å²) in [4.78, 5) is 14.5. The smallest absolute Gasteiger partial charge is 0.255 e. The number of carbonyl (C=O) groups excluding carboxylic acids is 1. The van der Waals surface area contributed by atoms with E-state index in [9.17, 15) is 4.79 Å². The van der Waals surface area contributed by atoms with Crippen LogP contribution < -0.4 is 5.32 Å². The highest BCUT2D eigenvalue weighted by Crippen LogP contribution is 2.27. The van der Waals surface area contributed by atoms with Crippen LogP contribution in [0.15, 0.2) is 18.2 Å². The van der Waals surface area contributed by atoms with Crippen molar-refractivity contribution in [1.29, 1.82) is 0 Å². The highest BCUT2D eigenvalue weighted by atomic mass is 35.5. The van der Waals surface area contributed by atoms with Crippen molar-refractivity contribution in [2.24, 2.45) is 5.92 Å². The van der Waals surface area contributed by atoms with E-state index in [1.165, 1.54) is 12.8 Å². The largest absolute Gasteiger partial charge is 0.337 e. The standard InChI is InChI=1S/C15H19ClN2O/c1-10-4-5-12(13(16)7-10)15(19)18-8-11-3-2-6-17-14(11)9-18/h4-5,7,11,14,17H,2-3,6,8-9H2,1H3. The van der Waals surface area contributed by atoms with Crippen LogP contribution in [0.5, 0.6) is 0 Å². The topological polar surface area (TPSA) is 32.3 Å². The monoisotopic (exact) mass is 278 g/mol. The molecular formula is C15H19ClN2O. The Balaban J connectivity index is 1.77. The number of fused-ring (bicyclic) bond motifs is 1. The second-order valence-corrected chi connectivity index (χ2v) is 6.06. The molecule has 3 nitrogen and oxygen atoms in total. The van der Waals surface area contributed by atoms with Crippen molar-refractivity contribution in [3.8, 4) is 0 Å². The molecule has 0 saturated carbocycles. The molecule has 0 aromatic heterocycles. The molecule has 2 aliphatic heterocycles. The summed E-state index contributed by atoms with van der Waals surface area (Å²) in [5.41, 5.74) is 1.71. The SMILES string of the molecule is Cc1ccc(C(=O)N2CC3CCCNC3C2)c(Cl)c1. The number of benzene rings is 1. The van der Waals surface area contributed by atoms with E-state index in [-0.39, 0.29) is 5.91 Å². The molecule has 2 atom stereocenters. The van der Waals surface area contributed by atoms with E-state index in [0.717, 1.165) is 25.2 Å². The van der Waals surface area contributed by atoms with E-state index in [1.54, 1.807) is 0 Å². The maximum atomic E-state index is 12.5. The molecule has 1 aromatic carbocycles. The second-order valence-electron chi connectivity index (χ2n) is 5.66. The molecule has 0 aliphatic carbocycles. The molecule has 2 unspecified atom stereocenters. The second kappa shape index (κ2) is 5.14. The zero-order valence-electron chi connectivity index (χ0n) is 11.2. The van der Waals surface area contributed by atoms with Crippen LogP contribution in [0, 0.1) is 12.8 Å². The average molecular weight is 279 g/mol. The first-order valence-electron chi connectivity index (χ1n) is 6.94. The molecule has 2 aliphatic rings. The number of rotatable bonds is 1. The van der Waals surface area contributed by atoms with Gasteiger partial charge in [-0.05, 0) is 49.9 Å². The number of aryl methyl sites for hydroxylation is 1. The Morgan fingerprint density at radius 1 is 1.42 bits per heavy atom. The first kappa shape index (κ1) is 12.9. The summed E-state index contributed by atoms with van der Waals surface area (Å²) in [5.74, 6) is 0.683. The number of carbonyl (C=O) groups is 1. The van der Waals surface area contributed by atoms with Crippen LogP contribution in [0.25, 0.3) is 0 Å². The van der Waals surface area contributed by atoms with Gasteiger partial charge in [-0.15, -0.1) is 0 Å². The van der Waals surface area contributed by atoms with Crippen LogP contribution in [0.4, 0.5) is 0 Å². The van der Waals surface area contributed by atoms with E-state index in [2.05, 4.69) is 5.32 Å². The van der Waals surface area contributed by atoms with Gasteiger partial charge in [-0.2, -0.15) is 0 Å². The van der Waals surface area contributed by atoms with Gasteiger partial charge in [0.15, 0.2) is 0 Å². The fourth-order valence-corrected chi connectivity index (χ4v) is 3.49. The Bertz CT molecular complexity index is 489. The number of hydrogen-bond acceptors (Lipinski definition) is 2. The number of halogens is 1. The van der Waals surface area contributed by atoms with Crippen LogP contribution in [0.3, 0.4) is 0 Å². The van der Waals surface area contributed by atoms with Crippen LogP contribution >= 0.6 is 11.6 Å². The van der Waals surface area contributed by atoms with Crippen molar-refractivity contribution in [1.82, 2.24) is 10.2 Å². The molecule has 0 spiro atoms. The number of likely N-dealkylation sites (tertiary alicyclic amines) is 1. The molecule has 19 heavy (non-hydrogen) atoms. The Hall–Kier alpha value is -1.06. The summed E-state index contributed by atoms with van der Waals surface area (Å²) in [5, 5.41) is 4.08. The van der Waals surface area contributed by atoms with Gasteiger partial charge in [0.2, 0.25) is 0 Å². The molecular weight excluding hydrogens is 260 g/mol. The fourth-order valence-electron chi connectivity index (χ4n) is 3.18. The minimum absolute atomic E-state index is 0.0706. The normalized spacial score (nSPS) is 26.3. The average Bonchev–Trinajstić information content (AvgIpc) is 2.81. The zero-order chi connectivity index (χ0) is 13.4. The fraction of sp³-hybridized carbons (Fsp3) is 0.533. The minimum Gasteiger partial charge on any atom is -0.337 e. The number of hydrogen-bond donors (Lipinski definition) is 1. The van der Waals surface area contributed by atoms with E-state index in [0.29, 0.717) is 22.5 Å². The van der Waals surface area contributed by atoms with E-state index < -0.39 is 0 Å². The number of nitrogens with one attached hydrogen (secondary N) is 1. The van der Waals surface area contributed by atoms with Crippen molar-refractivity contribution < 1.29 is 4.79 Å². The summed E-state index contributed by atoms with van der Waals surface area (Å²) < 4.78 is 0. The third-order valence-corrected chi connectivity index (χ3v) is 4.55. The van der Waals surface area contributed by atoms with Gasteiger partial charge in [-0.1, -0.05) is 17.7 Å². The lowest BCUT2D eigenvalue weighted by atomic mass is 9.94. The van der Waals surface area contributed by atoms with Gasteiger partial charge in [-0.3, -0.25) is 4.79 Å². The van der Waals surface area contributed by atoms with Crippen LogP contribution in [-0.2, 0) is 0 Å². The number of amides is 1. The highest BCUT2D eigenvalue weighted by molar-refractivity contribution is 6.33. The summed E-state index contributed by atoms with van der Waals surface area (Å²) in [7, 11) is 0. The van der Waals surface area contributed by atoms with E-state index >= 15 is 0 Å². The lowest BCUT2D eigenvalue weighted by molar-refractivity contribution is 0.0786. The van der Waals surface area contributed by atoms with Crippen LogP contribution in [0.1, 0.15) is 28.8 Å². The Morgan fingerprint density at radius 2 is 2.26 bits per heavy atom. The van der Waals surface area contributed by atoms with Crippen molar-refractivity contribution in [2.45, 2.75) is 25.8 Å². The molecule has 1 N–H and O–H groups in total. The van der Waals surface area contributed by atoms with Gasteiger partial charge < -0.3 is 10.2 Å². The quantitative estimate of drug-likeness (QED) is 0.856. The zero-order valence-corrected chi connectivity index (χ0v) is 11.9. The summed E-state index contributed by atoms with van der Waals surface area (Å²) in [6.45, 7) is 4.73. The van der Waals surface area contributed by atoms with Crippen LogP contribution in [-0.4, -0.2) is 36.5 Å². The number of piperidine rings is 1. The maximum absolute atomic E-state index is 12.5.